The van der Waals surface area contributed by atoms with E-state index in [-0.39, 0.29) is 0 Å². The Morgan fingerprint density at radius 1 is 1.14 bits per heavy atom. The number of aliphatic carboxylic acids is 2. The number of carboxylic acids is 2. The molecule has 1 fully saturated rings. The largest absolute Gasteiger partial charge is 0.478 e. The van der Waals surface area contributed by atoms with Gasteiger partial charge < -0.3 is 15.5 Å². The van der Waals surface area contributed by atoms with E-state index in [1.807, 2.05) is 18.2 Å². The first-order chi connectivity index (χ1) is 13.2. The summed E-state index contributed by atoms with van der Waals surface area (Å²) in [4.78, 5) is 21.7. The quantitative estimate of drug-likeness (QED) is 0.567. The van der Waals surface area contributed by atoms with Crippen LogP contribution >= 0.6 is 23.2 Å². The summed E-state index contributed by atoms with van der Waals surface area (Å²) in [5.41, 5.74) is 1.06. The highest BCUT2D eigenvalue weighted by Crippen LogP contribution is 2.27. The number of nitrogens with zero attached hydrogens (tertiary/aromatic N) is 1. The maximum absolute atomic E-state index is 9.55. The summed E-state index contributed by atoms with van der Waals surface area (Å²) in [5.74, 6) is -1.87. The Morgan fingerprint density at radius 2 is 1.64 bits per heavy atom. The van der Waals surface area contributed by atoms with Gasteiger partial charge >= 0.3 is 11.9 Å². The molecular formula is C20H28Cl2N2O4. The summed E-state index contributed by atoms with van der Waals surface area (Å²) in [6, 6.07) is 6.40. The van der Waals surface area contributed by atoms with Crippen molar-refractivity contribution >= 4 is 35.1 Å². The van der Waals surface area contributed by atoms with E-state index in [4.69, 9.17) is 33.4 Å². The van der Waals surface area contributed by atoms with E-state index in [1.165, 1.54) is 12.8 Å². The van der Waals surface area contributed by atoms with Crippen molar-refractivity contribution in [2.24, 2.45) is 5.92 Å². The highest BCUT2D eigenvalue weighted by atomic mass is 35.5. The minimum absolute atomic E-state index is 0.558. The van der Waals surface area contributed by atoms with Gasteiger partial charge in [-0.05, 0) is 44.0 Å². The van der Waals surface area contributed by atoms with Crippen LogP contribution in [-0.4, -0.2) is 52.7 Å². The number of benzene rings is 1. The Hall–Kier alpha value is -1.60. The van der Waals surface area contributed by atoms with Crippen LogP contribution in [0.15, 0.2) is 30.4 Å². The second-order valence-electron chi connectivity index (χ2n) is 7.01. The normalized spacial score (nSPS) is 14.9. The summed E-state index contributed by atoms with van der Waals surface area (Å²) >= 11 is 12.7. The zero-order chi connectivity index (χ0) is 21.1. The van der Waals surface area contributed by atoms with Gasteiger partial charge in [0.1, 0.15) is 0 Å². The van der Waals surface area contributed by atoms with Gasteiger partial charge in [-0.2, -0.15) is 0 Å². The molecule has 0 unspecified atom stereocenters. The predicted molar refractivity (Wildman–Crippen MR) is 112 cm³/mol. The molecule has 156 valence electrons. The lowest BCUT2D eigenvalue weighted by Crippen LogP contribution is -2.44. The van der Waals surface area contributed by atoms with Crippen LogP contribution in [0.5, 0.6) is 0 Å². The highest BCUT2D eigenvalue weighted by Gasteiger charge is 2.23. The molecule has 1 aromatic carbocycles. The van der Waals surface area contributed by atoms with E-state index in [2.05, 4.69) is 24.1 Å². The first kappa shape index (κ1) is 24.4. The first-order valence-electron chi connectivity index (χ1n) is 9.22. The van der Waals surface area contributed by atoms with Crippen molar-refractivity contribution in [1.82, 2.24) is 10.2 Å². The maximum Gasteiger partial charge on any atom is 0.328 e. The molecule has 1 aromatic rings. The van der Waals surface area contributed by atoms with Crippen molar-refractivity contribution in [2.45, 2.75) is 39.3 Å². The minimum atomic E-state index is -1.26. The first-order valence-corrected chi connectivity index (χ1v) is 9.97. The molecule has 28 heavy (non-hydrogen) atoms. The predicted octanol–water partition coefficient (Wildman–Crippen LogP) is 3.92. The van der Waals surface area contributed by atoms with E-state index in [9.17, 15) is 9.59 Å². The molecule has 0 amide bonds. The molecule has 0 saturated carbocycles. The molecule has 1 saturated heterocycles. The lowest BCUT2D eigenvalue weighted by Gasteiger charge is -2.36. The average Bonchev–Trinajstić information content (AvgIpc) is 2.63. The van der Waals surface area contributed by atoms with Crippen molar-refractivity contribution in [3.63, 3.8) is 0 Å². The summed E-state index contributed by atoms with van der Waals surface area (Å²) in [7, 11) is 0. The van der Waals surface area contributed by atoms with Crippen molar-refractivity contribution in [2.75, 3.05) is 19.6 Å². The Kier molecular flexibility index (Phi) is 11.2. The molecule has 0 bridgehead atoms. The van der Waals surface area contributed by atoms with E-state index in [1.54, 1.807) is 0 Å². The number of nitrogens with one attached hydrogen (secondary N) is 1. The van der Waals surface area contributed by atoms with Gasteiger partial charge in [-0.25, -0.2) is 9.59 Å². The molecule has 8 heteroatoms. The fourth-order valence-corrected chi connectivity index (χ4v) is 3.53. The number of carbonyl (C=O) groups is 2. The zero-order valence-electron chi connectivity index (χ0n) is 16.2. The van der Waals surface area contributed by atoms with Gasteiger partial charge in [0.25, 0.3) is 0 Å². The Morgan fingerprint density at radius 3 is 2.07 bits per heavy atom. The SMILES string of the molecule is CC(C)CN(Cc1c(Cl)cccc1Cl)C1CCNCC1.O=C(O)C=CC(=O)O. The van der Waals surface area contributed by atoms with Crippen LogP contribution in [0.25, 0.3) is 0 Å². The van der Waals surface area contributed by atoms with Gasteiger partial charge in [0.2, 0.25) is 0 Å². The fraction of sp³-hybridized carbons (Fsp3) is 0.500. The Labute approximate surface area is 176 Å². The molecule has 2 rings (SSSR count). The van der Waals surface area contributed by atoms with Crippen molar-refractivity contribution in [3.05, 3.63) is 46.0 Å². The van der Waals surface area contributed by atoms with Gasteiger partial charge in [0, 0.05) is 46.9 Å². The summed E-state index contributed by atoms with van der Waals surface area (Å²) < 4.78 is 0. The summed E-state index contributed by atoms with van der Waals surface area (Å²) in [6.45, 7) is 8.68. The second-order valence-corrected chi connectivity index (χ2v) is 7.83. The highest BCUT2D eigenvalue weighted by molar-refractivity contribution is 6.35. The standard InChI is InChI=1S/C16H24Cl2N2.C4H4O4/c1-12(2)10-20(13-6-8-19-9-7-13)11-14-15(17)4-3-5-16(14)18;5-3(6)1-2-4(7)8/h3-5,12-13,19H,6-11H2,1-2H3;1-2H,(H,5,6)(H,7,8). The zero-order valence-corrected chi connectivity index (χ0v) is 17.7. The van der Waals surface area contributed by atoms with Crippen molar-refractivity contribution in [1.29, 1.82) is 0 Å². The topological polar surface area (TPSA) is 89.9 Å². The molecule has 0 radical (unpaired) electrons. The number of hydrogen-bond donors (Lipinski definition) is 3. The van der Waals surface area contributed by atoms with Crippen LogP contribution < -0.4 is 5.32 Å². The molecule has 1 heterocycles. The molecule has 0 aliphatic carbocycles. The maximum atomic E-state index is 9.55. The van der Waals surface area contributed by atoms with Crippen LogP contribution in [0.4, 0.5) is 0 Å². The van der Waals surface area contributed by atoms with Crippen LogP contribution in [-0.2, 0) is 16.1 Å². The van der Waals surface area contributed by atoms with Gasteiger partial charge in [0.15, 0.2) is 0 Å². The number of rotatable bonds is 7. The molecule has 0 atom stereocenters. The minimum Gasteiger partial charge on any atom is -0.478 e. The molecule has 1 aliphatic heterocycles. The number of hydrogen-bond acceptors (Lipinski definition) is 4. The molecule has 3 N–H and O–H groups in total. The van der Waals surface area contributed by atoms with Crippen molar-refractivity contribution < 1.29 is 19.8 Å². The third-order valence-corrected chi connectivity index (χ3v) is 4.92. The van der Waals surface area contributed by atoms with Crippen molar-refractivity contribution in [3.8, 4) is 0 Å². The van der Waals surface area contributed by atoms with E-state index in [0.717, 1.165) is 41.8 Å². The smallest absolute Gasteiger partial charge is 0.328 e. The van der Waals surface area contributed by atoms with E-state index >= 15 is 0 Å². The number of carboxylic acid groups (broad SMARTS) is 2. The average molecular weight is 431 g/mol. The monoisotopic (exact) mass is 430 g/mol. The molecule has 1 aliphatic rings. The summed E-state index contributed by atoms with van der Waals surface area (Å²) in [5, 5.41) is 20.6. The van der Waals surface area contributed by atoms with Gasteiger partial charge in [-0.1, -0.05) is 43.1 Å². The van der Waals surface area contributed by atoms with E-state index in [0.29, 0.717) is 24.1 Å². The number of halogens is 2. The lowest BCUT2D eigenvalue weighted by molar-refractivity contribution is -0.134. The number of piperidine rings is 1. The second kappa shape index (κ2) is 12.8. The van der Waals surface area contributed by atoms with Crippen LogP contribution in [0.3, 0.4) is 0 Å². The van der Waals surface area contributed by atoms with Crippen LogP contribution in [0, 0.1) is 5.92 Å². The lowest BCUT2D eigenvalue weighted by atomic mass is 10.0. The molecule has 0 spiro atoms. The molecular weight excluding hydrogens is 403 g/mol. The van der Waals surface area contributed by atoms with Crippen LogP contribution in [0.2, 0.25) is 10.0 Å². The third kappa shape index (κ3) is 9.55. The van der Waals surface area contributed by atoms with E-state index < -0.39 is 11.9 Å². The van der Waals surface area contributed by atoms with Gasteiger partial charge in [0.05, 0.1) is 0 Å². The molecule has 0 aromatic heterocycles. The fourth-order valence-electron chi connectivity index (χ4n) is 3.01. The third-order valence-electron chi connectivity index (χ3n) is 4.22. The van der Waals surface area contributed by atoms with Gasteiger partial charge in [-0.15, -0.1) is 0 Å². The molecule has 6 nitrogen and oxygen atoms in total. The summed E-state index contributed by atoms with van der Waals surface area (Å²) in [6.07, 6.45) is 3.52. The Bertz CT molecular complexity index is 638. The Balaban J connectivity index is 0.000000416. The van der Waals surface area contributed by atoms with Gasteiger partial charge in [-0.3, -0.25) is 4.90 Å². The van der Waals surface area contributed by atoms with Crippen LogP contribution in [0.1, 0.15) is 32.3 Å².